The minimum absolute atomic E-state index is 0.872. The summed E-state index contributed by atoms with van der Waals surface area (Å²) >= 11 is 3.50. The summed E-state index contributed by atoms with van der Waals surface area (Å²) in [6.45, 7) is 0. The molecule has 0 saturated heterocycles. The van der Waals surface area contributed by atoms with Crippen molar-refractivity contribution in [1.82, 2.24) is 9.38 Å². The molecule has 92 valence electrons. The number of aliphatic imine (C=N–C) groups is 1. The zero-order valence-corrected chi connectivity index (χ0v) is 11.6. The molecule has 0 unspecified atom stereocenters. The van der Waals surface area contributed by atoms with Gasteiger partial charge in [0.1, 0.15) is 5.65 Å². The molecule has 19 heavy (non-hydrogen) atoms. The van der Waals surface area contributed by atoms with Crippen LogP contribution in [0.1, 0.15) is 11.3 Å². The largest absolute Gasteiger partial charge is 0.297 e. The Morgan fingerprint density at radius 1 is 1.11 bits per heavy atom. The highest BCUT2D eigenvalue weighted by Gasteiger charge is 2.18. The molecule has 0 aliphatic carbocycles. The summed E-state index contributed by atoms with van der Waals surface area (Å²) in [5.41, 5.74) is 5.43. The molecule has 0 fully saturated rings. The van der Waals surface area contributed by atoms with Crippen LogP contribution in [-0.4, -0.2) is 15.1 Å². The predicted octanol–water partition coefficient (Wildman–Crippen LogP) is 3.77. The molecule has 1 aliphatic heterocycles. The van der Waals surface area contributed by atoms with Gasteiger partial charge in [-0.2, -0.15) is 0 Å². The van der Waals surface area contributed by atoms with Crippen molar-refractivity contribution in [2.24, 2.45) is 4.99 Å². The summed E-state index contributed by atoms with van der Waals surface area (Å²) < 4.78 is 3.12. The lowest BCUT2D eigenvalue weighted by Gasteiger charge is -2.01. The van der Waals surface area contributed by atoms with Crippen molar-refractivity contribution in [3.8, 4) is 0 Å². The van der Waals surface area contributed by atoms with Crippen molar-refractivity contribution >= 4 is 33.0 Å². The molecule has 0 amide bonds. The predicted molar refractivity (Wildman–Crippen MR) is 79.2 cm³/mol. The molecular formula is C15H10BrN3. The smallest absolute Gasteiger partial charge is 0.137 e. The molecule has 0 saturated carbocycles. The van der Waals surface area contributed by atoms with Gasteiger partial charge in [0.2, 0.25) is 0 Å². The van der Waals surface area contributed by atoms with Gasteiger partial charge in [0.15, 0.2) is 0 Å². The van der Waals surface area contributed by atoms with Gasteiger partial charge in [0, 0.05) is 17.1 Å². The van der Waals surface area contributed by atoms with E-state index in [2.05, 4.69) is 43.5 Å². The molecule has 3 aromatic rings. The highest BCUT2D eigenvalue weighted by Crippen LogP contribution is 2.28. The fraction of sp³-hybridized carbons (Fsp3) is 0.0667. The summed E-state index contributed by atoms with van der Waals surface area (Å²) in [6.07, 6.45) is 4.80. The summed E-state index contributed by atoms with van der Waals surface area (Å²) in [5.74, 6) is 0. The first-order valence-electron chi connectivity index (χ1n) is 6.10. The average Bonchev–Trinajstić information content (AvgIpc) is 3.00. The first kappa shape index (κ1) is 10.9. The Kier molecular flexibility index (Phi) is 2.32. The van der Waals surface area contributed by atoms with Crippen LogP contribution in [0.25, 0.3) is 5.65 Å². The second-order valence-electron chi connectivity index (χ2n) is 4.58. The van der Waals surface area contributed by atoms with E-state index >= 15 is 0 Å². The fourth-order valence-electron chi connectivity index (χ4n) is 2.45. The molecule has 4 heteroatoms. The van der Waals surface area contributed by atoms with Gasteiger partial charge in [0.05, 0.1) is 23.3 Å². The summed E-state index contributed by atoms with van der Waals surface area (Å²) in [5, 5.41) is 0. The van der Waals surface area contributed by atoms with Crippen molar-refractivity contribution in [1.29, 1.82) is 0 Å². The number of para-hydroxylation sites is 1. The first-order chi connectivity index (χ1) is 9.31. The number of hydrogen-bond acceptors (Lipinski definition) is 2. The van der Waals surface area contributed by atoms with Gasteiger partial charge in [-0.1, -0.05) is 18.2 Å². The highest BCUT2D eigenvalue weighted by molar-refractivity contribution is 9.10. The lowest BCUT2D eigenvalue weighted by molar-refractivity contribution is 1.15. The standard InChI is InChI=1S/C15H10BrN3/c16-11-5-6-15-17-8-14(19(15)9-11)13-7-10-3-1-2-4-12(10)18-13/h1-6,8-9H,7H2. The Hall–Kier alpha value is -1.94. The van der Waals surface area contributed by atoms with Gasteiger partial charge in [-0.15, -0.1) is 0 Å². The molecule has 3 heterocycles. The van der Waals surface area contributed by atoms with E-state index in [1.807, 2.05) is 30.6 Å². The maximum Gasteiger partial charge on any atom is 0.137 e. The Labute approximate surface area is 118 Å². The molecule has 2 aromatic heterocycles. The number of pyridine rings is 1. The Morgan fingerprint density at radius 3 is 2.89 bits per heavy atom. The number of fused-ring (bicyclic) bond motifs is 2. The Bertz CT molecular complexity index is 817. The van der Waals surface area contributed by atoms with Gasteiger partial charge in [-0.05, 0) is 39.7 Å². The SMILES string of the molecule is Brc1ccc2ncc(C3=Nc4ccccc4C3)n2c1. The second kappa shape index (κ2) is 4.03. The van der Waals surface area contributed by atoms with E-state index in [-0.39, 0.29) is 0 Å². The Balaban J connectivity index is 1.87. The lowest BCUT2D eigenvalue weighted by atomic mass is 10.1. The van der Waals surface area contributed by atoms with Gasteiger partial charge >= 0.3 is 0 Å². The van der Waals surface area contributed by atoms with Crippen molar-refractivity contribution < 1.29 is 0 Å². The number of aromatic nitrogens is 2. The van der Waals surface area contributed by atoms with E-state index in [0.717, 1.165) is 33.6 Å². The van der Waals surface area contributed by atoms with Crippen LogP contribution in [0.3, 0.4) is 0 Å². The van der Waals surface area contributed by atoms with Gasteiger partial charge in [-0.25, -0.2) is 4.98 Å². The highest BCUT2D eigenvalue weighted by atomic mass is 79.9. The van der Waals surface area contributed by atoms with E-state index in [0.29, 0.717) is 0 Å². The van der Waals surface area contributed by atoms with Crippen molar-refractivity contribution in [3.63, 3.8) is 0 Å². The number of halogens is 1. The molecule has 0 atom stereocenters. The number of rotatable bonds is 1. The van der Waals surface area contributed by atoms with Gasteiger partial charge in [0.25, 0.3) is 0 Å². The van der Waals surface area contributed by atoms with Crippen LogP contribution in [0.15, 0.2) is 58.3 Å². The zero-order chi connectivity index (χ0) is 12.8. The molecule has 0 bridgehead atoms. The minimum atomic E-state index is 0.872. The van der Waals surface area contributed by atoms with E-state index in [4.69, 9.17) is 4.99 Å². The van der Waals surface area contributed by atoms with Gasteiger partial charge < -0.3 is 0 Å². The molecule has 1 aromatic carbocycles. The monoisotopic (exact) mass is 311 g/mol. The molecular weight excluding hydrogens is 302 g/mol. The second-order valence-corrected chi connectivity index (χ2v) is 5.50. The number of imidazole rings is 1. The van der Waals surface area contributed by atoms with Crippen LogP contribution in [0.5, 0.6) is 0 Å². The Morgan fingerprint density at radius 2 is 2.00 bits per heavy atom. The van der Waals surface area contributed by atoms with E-state index in [9.17, 15) is 0 Å². The van der Waals surface area contributed by atoms with Crippen LogP contribution >= 0.6 is 15.9 Å². The van der Waals surface area contributed by atoms with Crippen LogP contribution in [0.4, 0.5) is 5.69 Å². The van der Waals surface area contributed by atoms with Crippen molar-refractivity contribution in [2.75, 3.05) is 0 Å². The topological polar surface area (TPSA) is 29.7 Å². The van der Waals surface area contributed by atoms with Crippen molar-refractivity contribution in [2.45, 2.75) is 6.42 Å². The third-order valence-electron chi connectivity index (χ3n) is 3.37. The summed E-state index contributed by atoms with van der Waals surface area (Å²) in [4.78, 5) is 9.14. The maximum absolute atomic E-state index is 4.71. The summed E-state index contributed by atoms with van der Waals surface area (Å²) in [7, 11) is 0. The summed E-state index contributed by atoms with van der Waals surface area (Å²) in [6, 6.07) is 12.3. The first-order valence-corrected chi connectivity index (χ1v) is 6.89. The van der Waals surface area contributed by atoms with Crippen molar-refractivity contribution in [3.05, 3.63) is 64.5 Å². The number of nitrogens with zero attached hydrogens (tertiary/aromatic N) is 3. The van der Waals surface area contributed by atoms with Crippen LogP contribution in [-0.2, 0) is 6.42 Å². The third kappa shape index (κ3) is 1.71. The quantitative estimate of drug-likeness (QED) is 0.672. The molecule has 0 radical (unpaired) electrons. The van der Waals surface area contributed by atoms with E-state index in [1.54, 1.807) is 0 Å². The van der Waals surface area contributed by atoms with Crippen LogP contribution < -0.4 is 0 Å². The third-order valence-corrected chi connectivity index (χ3v) is 3.84. The number of benzene rings is 1. The molecule has 3 nitrogen and oxygen atoms in total. The van der Waals surface area contributed by atoms with Crippen LogP contribution in [0, 0.1) is 0 Å². The maximum atomic E-state index is 4.71. The zero-order valence-electron chi connectivity index (χ0n) is 10.0. The van der Waals surface area contributed by atoms with E-state index in [1.165, 1.54) is 5.56 Å². The fourth-order valence-corrected chi connectivity index (χ4v) is 2.79. The van der Waals surface area contributed by atoms with E-state index < -0.39 is 0 Å². The van der Waals surface area contributed by atoms with Gasteiger partial charge in [-0.3, -0.25) is 9.39 Å². The molecule has 0 N–H and O–H groups in total. The number of hydrogen-bond donors (Lipinski definition) is 0. The normalized spacial score (nSPS) is 13.6. The van der Waals surface area contributed by atoms with Crippen LogP contribution in [0.2, 0.25) is 0 Å². The average molecular weight is 312 g/mol. The lowest BCUT2D eigenvalue weighted by Crippen LogP contribution is -2.04. The minimum Gasteiger partial charge on any atom is -0.297 e. The molecule has 1 aliphatic rings. The molecule has 4 rings (SSSR count). The molecule has 0 spiro atoms.